The van der Waals surface area contributed by atoms with Crippen LogP contribution in [-0.4, -0.2) is 43.4 Å². The minimum absolute atomic E-state index is 0.262. The summed E-state index contributed by atoms with van der Waals surface area (Å²) in [6, 6.07) is 4.37. The zero-order chi connectivity index (χ0) is 15.4. The Bertz CT molecular complexity index is 484. The molecule has 0 radical (unpaired) electrons. The first kappa shape index (κ1) is 15.8. The molecule has 0 spiro atoms. The molecular weight excluding hydrogens is 288 g/mol. The fourth-order valence-corrected chi connectivity index (χ4v) is 3.16. The molecule has 3 nitrogen and oxygen atoms in total. The van der Waals surface area contributed by atoms with E-state index in [4.69, 9.17) is 9.47 Å². The van der Waals surface area contributed by atoms with Crippen LogP contribution in [0.4, 0.5) is 8.78 Å². The maximum Gasteiger partial charge on any atom is 0.163 e. The summed E-state index contributed by atoms with van der Waals surface area (Å²) in [5, 5.41) is 0. The topological polar surface area (TPSA) is 21.7 Å². The molecule has 3 rings (SSSR count). The van der Waals surface area contributed by atoms with Gasteiger partial charge in [-0.3, -0.25) is 4.90 Å². The van der Waals surface area contributed by atoms with Gasteiger partial charge in [0.1, 0.15) is 0 Å². The second kappa shape index (κ2) is 7.49. The third-order valence-electron chi connectivity index (χ3n) is 4.50. The van der Waals surface area contributed by atoms with Gasteiger partial charge in [0.15, 0.2) is 11.6 Å². The van der Waals surface area contributed by atoms with Gasteiger partial charge in [0.05, 0.1) is 18.8 Å². The molecule has 0 aliphatic carbocycles. The SMILES string of the molecule is Fc1cccc(CN2CCC(OC[C@H]3CCCO3)CC2)c1F. The van der Waals surface area contributed by atoms with E-state index in [0.29, 0.717) is 18.7 Å². The van der Waals surface area contributed by atoms with Crippen LogP contribution in [0.15, 0.2) is 18.2 Å². The second-order valence-electron chi connectivity index (χ2n) is 6.16. The van der Waals surface area contributed by atoms with E-state index in [1.807, 2.05) is 0 Å². The Morgan fingerprint density at radius 1 is 1.18 bits per heavy atom. The number of hydrogen-bond donors (Lipinski definition) is 0. The highest BCUT2D eigenvalue weighted by Gasteiger charge is 2.23. The lowest BCUT2D eigenvalue weighted by Crippen LogP contribution is -2.37. The van der Waals surface area contributed by atoms with Crippen LogP contribution < -0.4 is 0 Å². The predicted octanol–water partition coefficient (Wildman–Crippen LogP) is 3.12. The molecule has 1 aromatic rings. The summed E-state index contributed by atoms with van der Waals surface area (Å²) < 4.78 is 38.4. The lowest BCUT2D eigenvalue weighted by Gasteiger charge is -2.32. The molecule has 0 aromatic heterocycles. The van der Waals surface area contributed by atoms with Crippen molar-refractivity contribution in [2.45, 2.75) is 44.4 Å². The van der Waals surface area contributed by atoms with Gasteiger partial charge < -0.3 is 9.47 Å². The van der Waals surface area contributed by atoms with Gasteiger partial charge in [-0.05, 0) is 31.7 Å². The van der Waals surface area contributed by atoms with Crippen LogP contribution in [0, 0.1) is 11.6 Å². The summed E-state index contributed by atoms with van der Waals surface area (Å²) in [5.74, 6) is -1.49. The van der Waals surface area contributed by atoms with E-state index >= 15 is 0 Å². The molecule has 122 valence electrons. The summed E-state index contributed by atoms with van der Waals surface area (Å²) in [6.45, 7) is 3.70. The van der Waals surface area contributed by atoms with Crippen LogP contribution in [0.3, 0.4) is 0 Å². The largest absolute Gasteiger partial charge is 0.376 e. The zero-order valence-electron chi connectivity index (χ0n) is 12.8. The maximum atomic E-state index is 13.7. The first-order valence-corrected chi connectivity index (χ1v) is 8.11. The monoisotopic (exact) mass is 311 g/mol. The van der Waals surface area contributed by atoms with Crippen LogP contribution in [-0.2, 0) is 16.0 Å². The quantitative estimate of drug-likeness (QED) is 0.834. The third kappa shape index (κ3) is 4.03. The molecular formula is C17H23F2NO2. The van der Waals surface area contributed by atoms with Crippen molar-refractivity contribution in [3.8, 4) is 0 Å². The standard InChI is InChI=1S/C17H23F2NO2/c18-16-5-1-3-13(17(16)19)11-20-8-6-14(7-9-20)22-12-15-4-2-10-21-15/h1,3,5,14-15H,2,4,6-12H2/t15-/m1/s1. The van der Waals surface area contributed by atoms with Crippen molar-refractivity contribution in [1.82, 2.24) is 4.90 Å². The normalized spacial score (nSPS) is 24.0. The molecule has 0 amide bonds. The van der Waals surface area contributed by atoms with Gasteiger partial charge in [0.25, 0.3) is 0 Å². The van der Waals surface area contributed by atoms with Crippen LogP contribution in [0.2, 0.25) is 0 Å². The van der Waals surface area contributed by atoms with Gasteiger partial charge in [-0.2, -0.15) is 0 Å². The lowest BCUT2D eigenvalue weighted by molar-refractivity contribution is -0.0427. The average Bonchev–Trinajstić information content (AvgIpc) is 3.05. The molecule has 5 heteroatoms. The molecule has 1 atom stereocenters. The Hall–Kier alpha value is -1.04. The van der Waals surface area contributed by atoms with E-state index in [2.05, 4.69) is 4.90 Å². The van der Waals surface area contributed by atoms with E-state index in [-0.39, 0.29) is 12.2 Å². The van der Waals surface area contributed by atoms with Crippen molar-refractivity contribution in [2.75, 3.05) is 26.3 Å². The molecule has 0 saturated carbocycles. The Kier molecular flexibility index (Phi) is 5.39. The van der Waals surface area contributed by atoms with Crippen LogP contribution in [0.1, 0.15) is 31.2 Å². The number of halogens is 2. The summed E-state index contributed by atoms with van der Waals surface area (Å²) in [4.78, 5) is 2.16. The molecule has 0 N–H and O–H groups in total. The Morgan fingerprint density at radius 2 is 2.00 bits per heavy atom. The summed E-state index contributed by atoms with van der Waals surface area (Å²) >= 11 is 0. The van der Waals surface area contributed by atoms with E-state index < -0.39 is 11.6 Å². The summed E-state index contributed by atoms with van der Waals surface area (Å²) in [5.41, 5.74) is 0.429. The van der Waals surface area contributed by atoms with Gasteiger partial charge in [-0.15, -0.1) is 0 Å². The van der Waals surface area contributed by atoms with E-state index in [1.54, 1.807) is 12.1 Å². The number of hydrogen-bond acceptors (Lipinski definition) is 3. The maximum absolute atomic E-state index is 13.7. The number of nitrogens with zero attached hydrogens (tertiary/aromatic N) is 1. The van der Waals surface area contributed by atoms with Crippen molar-refractivity contribution in [1.29, 1.82) is 0 Å². The number of rotatable bonds is 5. The fraction of sp³-hybridized carbons (Fsp3) is 0.647. The highest BCUT2D eigenvalue weighted by molar-refractivity contribution is 5.18. The zero-order valence-corrected chi connectivity index (χ0v) is 12.8. The highest BCUT2D eigenvalue weighted by atomic mass is 19.2. The minimum Gasteiger partial charge on any atom is -0.376 e. The van der Waals surface area contributed by atoms with E-state index in [9.17, 15) is 8.78 Å². The van der Waals surface area contributed by atoms with Crippen molar-refractivity contribution in [2.24, 2.45) is 0 Å². The van der Waals surface area contributed by atoms with Gasteiger partial charge in [0.2, 0.25) is 0 Å². The van der Waals surface area contributed by atoms with E-state index in [0.717, 1.165) is 51.4 Å². The first-order chi connectivity index (χ1) is 10.7. The molecule has 2 aliphatic rings. The van der Waals surface area contributed by atoms with Gasteiger partial charge in [0, 0.05) is 31.8 Å². The predicted molar refractivity (Wildman–Crippen MR) is 79.6 cm³/mol. The lowest BCUT2D eigenvalue weighted by atomic mass is 10.1. The molecule has 2 saturated heterocycles. The average molecular weight is 311 g/mol. The first-order valence-electron chi connectivity index (χ1n) is 8.11. The number of likely N-dealkylation sites (tertiary alicyclic amines) is 1. The Balaban J connectivity index is 1.42. The molecule has 2 aliphatic heterocycles. The molecule has 0 bridgehead atoms. The van der Waals surface area contributed by atoms with Crippen LogP contribution >= 0.6 is 0 Å². The highest BCUT2D eigenvalue weighted by Crippen LogP contribution is 2.20. The van der Waals surface area contributed by atoms with Crippen molar-refractivity contribution in [3.63, 3.8) is 0 Å². The van der Waals surface area contributed by atoms with Gasteiger partial charge in [-0.25, -0.2) is 8.78 Å². The summed E-state index contributed by atoms with van der Waals surface area (Å²) in [6.07, 6.45) is 4.62. The molecule has 1 aromatic carbocycles. The minimum atomic E-state index is -0.771. The molecule has 2 fully saturated rings. The number of benzene rings is 1. The summed E-state index contributed by atoms with van der Waals surface area (Å²) in [7, 11) is 0. The van der Waals surface area contributed by atoms with Crippen molar-refractivity contribution < 1.29 is 18.3 Å². The van der Waals surface area contributed by atoms with Gasteiger partial charge >= 0.3 is 0 Å². The Labute approximate surface area is 130 Å². The number of piperidine rings is 1. The fourth-order valence-electron chi connectivity index (χ4n) is 3.16. The van der Waals surface area contributed by atoms with Crippen LogP contribution in [0.25, 0.3) is 0 Å². The van der Waals surface area contributed by atoms with Crippen molar-refractivity contribution in [3.05, 3.63) is 35.4 Å². The van der Waals surface area contributed by atoms with Crippen LogP contribution in [0.5, 0.6) is 0 Å². The van der Waals surface area contributed by atoms with Crippen molar-refractivity contribution >= 4 is 0 Å². The van der Waals surface area contributed by atoms with E-state index in [1.165, 1.54) is 0 Å². The third-order valence-corrected chi connectivity index (χ3v) is 4.50. The molecule has 2 heterocycles. The number of ether oxygens (including phenoxy) is 2. The smallest absolute Gasteiger partial charge is 0.163 e. The van der Waals surface area contributed by atoms with Gasteiger partial charge in [-0.1, -0.05) is 12.1 Å². The molecule has 22 heavy (non-hydrogen) atoms. The Morgan fingerprint density at radius 3 is 2.73 bits per heavy atom. The second-order valence-corrected chi connectivity index (χ2v) is 6.16. The molecule has 0 unspecified atom stereocenters.